The van der Waals surface area contributed by atoms with Gasteiger partial charge >= 0.3 is 0 Å². The third-order valence-electron chi connectivity index (χ3n) is 3.40. The molecular weight excluding hydrogens is 279 g/mol. The van der Waals surface area contributed by atoms with Gasteiger partial charge < -0.3 is 0 Å². The zero-order valence-corrected chi connectivity index (χ0v) is 12.0. The largest absolute Gasteiger partial charge is 0.298 e. The van der Waals surface area contributed by atoms with E-state index in [1.54, 1.807) is 19.1 Å². The summed E-state index contributed by atoms with van der Waals surface area (Å²) in [5.41, 5.74) is 3.09. The van der Waals surface area contributed by atoms with E-state index in [1.807, 2.05) is 30.3 Å². The molecule has 4 heteroatoms. The van der Waals surface area contributed by atoms with Crippen molar-refractivity contribution in [1.82, 2.24) is 9.97 Å². The number of aldehydes is 1. The molecule has 0 bridgehead atoms. The second-order valence-electron chi connectivity index (χ2n) is 4.89. The fourth-order valence-electron chi connectivity index (χ4n) is 2.27. The van der Waals surface area contributed by atoms with E-state index < -0.39 is 0 Å². The predicted molar refractivity (Wildman–Crippen MR) is 83.0 cm³/mol. The maximum Gasteiger partial charge on any atom is 0.160 e. The molecule has 0 aliphatic rings. The molecule has 0 amide bonds. The van der Waals surface area contributed by atoms with Crippen molar-refractivity contribution >= 4 is 6.29 Å². The van der Waals surface area contributed by atoms with Crippen LogP contribution in [0, 0.1) is 12.7 Å². The van der Waals surface area contributed by atoms with Crippen LogP contribution in [0.1, 0.15) is 16.1 Å². The average molecular weight is 292 g/mol. The van der Waals surface area contributed by atoms with E-state index in [0.29, 0.717) is 28.3 Å². The Morgan fingerprint density at radius 1 is 0.909 bits per heavy atom. The van der Waals surface area contributed by atoms with Crippen molar-refractivity contribution in [3.63, 3.8) is 0 Å². The lowest BCUT2D eigenvalue weighted by molar-refractivity contribution is 0.112. The summed E-state index contributed by atoms with van der Waals surface area (Å²) in [5.74, 6) is 0.216. The Kier molecular flexibility index (Phi) is 3.74. The monoisotopic (exact) mass is 292 g/mol. The lowest BCUT2D eigenvalue weighted by Gasteiger charge is -2.10. The van der Waals surface area contributed by atoms with Crippen molar-refractivity contribution in [1.29, 1.82) is 0 Å². The van der Waals surface area contributed by atoms with E-state index in [9.17, 15) is 9.18 Å². The van der Waals surface area contributed by atoms with E-state index in [4.69, 9.17) is 0 Å². The van der Waals surface area contributed by atoms with Crippen LogP contribution < -0.4 is 0 Å². The highest BCUT2D eigenvalue weighted by molar-refractivity contribution is 5.87. The van der Waals surface area contributed by atoms with Crippen LogP contribution in [0.15, 0.2) is 54.6 Å². The molecule has 22 heavy (non-hydrogen) atoms. The lowest BCUT2D eigenvalue weighted by atomic mass is 10.0. The number of rotatable bonds is 3. The molecule has 0 fully saturated rings. The fourth-order valence-corrected chi connectivity index (χ4v) is 2.27. The normalized spacial score (nSPS) is 10.5. The molecule has 0 aliphatic carbocycles. The molecule has 0 saturated carbocycles. The maximum atomic E-state index is 13.1. The zero-order valence-electron chi connectivity index (χ0n) is 12.0. The van der Waals surface area contributed by atoms with Gasteiger partial charge in [0.15, 0.2) is 12.1 Å². The minimum Gasteiger partial charge on any atom is -0.298 e. The first kappa shape index (κ1) is 14.1. The minimum atomic E-state index is -0.328. The summed E-state index contributed by atoms with van der Waals surface area (Å²) in [4.78, 5) is 20.3. The number of aryl methyl sites for hydroxylation is 1. The van der Waals surface area contributed by atoms with Crippen LogP contribution in [0.2, 0.25) is 0 Å². The minimum absolute atomic E-state index is 0.328. The van der Waals surface area contributed by atoms with E-state index in [-0.39, 0.29) is 5.82 Å². The summed E-state index contributed by atoms with van der Waals surface area (Å²) in [6.45, 7) is 1.77. The van der Waals surface area contributed by atoms with Crippen LogP contribution in [-0.4, -0.2) is 16.3 Å². The topological polar surface area (TPSA) is 42.9 Å². The summed E-state index contributed by atoms with van der Waals surface area (Å²) < 4.78 is 13.1. The summed E-state index contributed by atoms with van der Waals surface area (Å²) in [5, 5.41) is 0. The van der Waals surface area contributed by atoms with Gasteiger partial charge in [0, 0.05) is 11.1 Å². The Morgan fingerprint density at radius 2 is 1.59 bits per heavy atom. The SMILES string of the molecule is Cc1nc(-c2ccccc2)nc(-c2ccc(F)cc2)c1C=O. The number of benzene rings is 2. The van der Waals surface area contributed by atoms with Crippen molar-refractivity contribution in [2.45, 2.75) is 6.92 Å². The van der Waals surface area contributed by atoms with Crippen LogP contribution in [0.25, 0.3) is 22.6 Å². The highest BCUT2D eigenvalue weighted by atomic mass is 19.1. The van der Waals surface area contributed by atoms with Gasteiger partial charge in [-0.1, -0.05) is 30.3 Å². The number of aromatic nitrogens is 2. The Balaban J connectivity index is 2.21. The van der Waals surface area contributed by atoms with Gasteiger partial charge in [0.1, 0.15) is 5.82 Å². The van der Waals surface area contributed by atoms with E-state index >= 15 is 0 Å². The standard InChI is InChI=1S/C18H13FN2O/c1-12-16(11-22)17(13-7-9-15(19)10-8-13)21-18(20-12)14-5-3-2-4-6-14/h2-11H,1H3. The van der Waals surface area contributed by atoms with Gasteiger partial charge in [0.05, 0.1) is 17.0 Å². The molecule has 0 aliphatic heterocycles. The van der Waals surface area contributed by atoms with Gasteiger partial charge in [-0.15, -0.1) is 0 Å². The summed E-state index contributed by atoms with van der Waals surface area (Å²) in [7, 11) is 0. The second-order valence-corrected chi connectivity index (χ2v) is 4.89. The average Bonchev–Trinajstić information content (AvgIpc) is 2.55. The van der Waals surface area contributed by atoms with Crippen LogP contribution in [0.3, 0.4) is 0 Å². The predicted octanol–water partition coefficient (Wildman–Crippen LogP) is 4.07. The van der Waals surface area contributed by atoms with Crippen molar-refractivity contribution in [2.24, 2.45) is 0 Å². The Bertz CT molecular complexity index is 814. The first-order chi connectivity index (χ1) is 10.7. The molecule has 2 aromatic carbocycles. The third-order valence-corrected chi connectivity index (χ3v) is 3.40. The van der Waals surface area contributed by atoms with E-state index in [1.165, 1.54) is 12.1 Å². The molecule has 0 unspecified atom stereocenters. The van der Waals surface area contributed by atoms with Crippen molar-refractivity contribution in [3.05, 3.63) is 71.7 Å². The van der Waals surface area contributed by atoms with Crippen molar-refractivity contribution in [2.75, 3.05) is 0 Å². The lowest BCUT2D eigenvalue weighted by Crippen LogP contribution is -2.02. The maximum absolute atomic E-state index is 13.1. The van der Waals surface area contributed by atoms with Crippen LogP contribution in [0.5, 0.6) is 0 Å². The molecule has 3 aromatic rings. The van der Waals surface area contributed by atoms with Crippen molar-refractivity contribution in [3.8, 4) is 22.6 Å². The summed E-state index contributed by atoms with van der Waals surface area (Å²) in [6, 6.07) is 15.5. The molecule has 3 rings (SSSR count). The molecular formula is C18H13FN2O. The molecule has 0 spiro atoms. The van der Waals surface area contributed by atoms with Crippen LogP contribution in [0.4, 0.5) is 4.39 Å². The molecule has 3 nitrogen and oxygen atoms in total. The fraction of sp³-hybridized carbons (Fsp3) is 0.0556. The Hall–Kier alpha value is -2.88. The van der Waals surface area contributed by atoms with Gasteiger partial charge in [-0.05, 0) is 31.2 Å². The van der Waals surface area contributed by atoms with Gasteiger partial charge in [0.25, 0.3) is 0 Å². The molecule has 108 valence electrons. The first-order valence-corrected chi connectivity index (χ1v) is 6.84. The molecule has 1 heterocycles. The Labute approximate surface area is 127 Å². The number of carbonyl (C=O) groups excluding carboxylic acids is 1. The number of nitrogens with zero attached hydrogens (tertiary/aromatic N) is 2. The van der Waals surface area contributed by atoms with Gasteiger partial charge in [-0.2, -0.15) is 0 Å². The molecule has 0 atom stereocenters. The number of hydrogen-bond acceptors (Lipinski definition) is 3. The number of hydrogen-bond donors (Lipinski definition) is 0. The highest BCUT2D eigenvalue weighted by Crippen LogP contribution is 2.26. The number of halogens is 1. The molecule has 0 N–H and O–H groups in total. The van der Waals surface area contributed by atoms with E-state index in [2.05, 4.69) is 9.97 Å². The van der Waals surface area contributed by atoms with Gasteiger partial charge in [-0.3, -0.25) is 4.79 Å². The smallest absolute Gasteiger partial charge is 0.160 e. The molecule has 0 radical (unpaired) electrons. The first-order valence-electron chi connectivity index (χ1n) is 6.84. The summed E-state index contributed by atoms with van der Waals surface area (Å²) in [6.07, 6.45) is 0.739. The Morgan fingerprint density at radius 3 is 2.23 bits per heavy atom. The van der Waals surface area contributed by atoms with Crippen LogP contribution >= 0.6 is 0 Å². The third kappa shape index (κ3) is 2.63. The summed E-state index contributed by atoms with van der Waals surface area (Å²) >= 11 is 0. The molecule has 0 saturated heterocycles. The second kappa shape index (κ2) is 5.85. The van der Waals surface area contributed by atoms with Crippen molar-refractivity contribution < 1.29 is 9.18 Å². The highest BCUT2D eigenvalue weighted by Gasteiger charge is 2.14. The van der Waals surface area contributed by atoms with Gasteiger partial charge in [0.2, 0.25) is 0 Å². The van der Waals surface area contributed by atoms with E-state index in [0.717, 1.165) is 11.8 Å². The quantitative estimate of drug-likeness (QED) is 0.683. The zero-order chi connectivity index (χ0) is 15.5. The van der Waals surface area contributed by atoms with Gasteiger partial charge in [-0.25, -0.2) is 14.4 Å². The molecule has 1 aromatic heterocycles. The number of carbonyl (C=O) groups is 1. The van der Waals surface area contributed by atoms with Crippen LogP contribution in [-0.2, 0) is 0 Å².